The van der Waals surface area contributed by atoms with Crippen molar-refractivity contribution in [2.24, 2.45) is 5.92 Å². The Morgan fingerprint density at radius 2 is 1.87 bits per heavy atom. The van der Waals surface area contributed by atoms with Crippen LogP contribution in [0.15, 0.2) is 41.3 Å². The molecular weight excluding hydrogens is 410 g/mol. The zero-order valence-corrected chi connectivity index (χ0v) is 19.5. The number of hydrogen-bond donors (Lipinski definition) is 1. The Hall–Kier alpha value is -2.60. The number of likely N-dealkylation sites (tertiary alicyclic amines) is 1. The van der Waals surface area contributed by atoms with Crippen LogP contribution in [-0.4, -0.2) is 34.8 Å². The summed E-state index contributed by atoms with van der Waals surface area (Å²) in [6.45, 7) is 9.33. The normalized spacial score (nSPS) is 18.2. The third-order valence-electron chi connectivity index (χ3n) is 5.40. The summed E-state index contributed by atoms with van der Waals surface area (Å²) in [5.41, 5.74) is 1.69. The van der Waals surface area contributed by atoms with Gasteiger partial charge in [-0.2, -0.15) is 0 Å². The summed E-state index contributed by atoms with van der Waals surface area (Å²) < 4.78 is 5.71. The Kier molecular flexibility index (Phi) is 7.55. The van der Waals surface area contributed by atoms with E-state index in [4.69, 9.17) is 4.74 Å². The molecule has 166 valence electrons. The molecule has 3 rings (SSSR count). The lowest BCUT2D eigenvalue weighted by atomic mass is 9.98. The molecular formula is C25H31NO4S. The smallest absolute Gasteiger partial charge is 0.295 e. The Morgan fingerprint density at radius 1 is 1.16 bits per heavy atom. The van der Waals surface area contributed by atoms with Gasteiger partial charge in [-0.3, -0.25) is 9.59 Å². The SMILES string of the molecule is CCCCCN1C(=O)C(=O)/C(=C(\O)c2ccc(OCC(C)C)cc2)C1c1sccc1C. The number of aliphatic hydroxyl groups excluding tert-OH is 1. The molecule has 1 N–H and O–H groups in total. The van der Waals surface area contributed by atoms with Crippen molar-refractivity contribution >= 4 is 28.8 Å². The maximum atomic E-state index is 13.0. The Bertz CT molecular complexity index is 958. The summed E-state index contributed by atoms with van der Waals surface area (Å²) in [6.07, 6.45) is 2.83. The van der Waals surface area contributed by atoms with Crippen molar-refractivity contribution in [3.63, 3.8) is 0 Å². The second-order valence-corrected chi connectivity index (χ2v) is 9.34. The first-order valence-electron chi connectivity index (χ1n) is 10.9. The summed E-state index contributed by atoms with van der Waals surface area (Å²) >= 11 is 1.51. The van der Waals surface area contributed by atoms with Crippen LogP contribution in [0.1, 0.15) is 62.1 Å². The molecule has 31 heavy (non-hydrogen) atoms. The molecule has 1 amide bonds. The highest BCUT2D eigenvalue weighted by molar-refractivity contribution is 7.10. The van der Waals surface area contributed by atoms with Gasteiger partial charge in [0.15, 0.2) is 0 Å². The highest BCUT2D eigenvalue weighted by atomic mass is 32.1. The first-order chi connectivity index (χ1) is 14.8. The minimum Gasteiger partial charge on any atom is -0.507 e. The molecule has 0 spiro atoms. The van der Waals surface area contributed by atoms with Gasteiger partial charge in [-0.1, -0.05) is 33.6 Å². The van der Waals surface area contributed by atoms with E-state index < -0.39 is 17.7 Å². The second-order valence-electron chi connectivity index (χ2n) is 8.40. The van der Waals surface area contributed by atoms with Gasteiger partial charge in [-0.15, -0.1) is 11.3 Å². The van der Waals surface area contributed by atoms with E-state index in [1.807, 2.05) is 18.4 Å². The second kappa shape index (κ2) is 10.1. The molecule has 0 radical (unpaired) electrons. The number of thiophene rings is 1. The maximum absolute atomic E-state index is 13.0. The molecule has 1 aromatic heterocycles. The minimum absolute atomic E-state index is 0.135. The predicted octanol–water partition coefficient (Wildman–Crippen LogP) is 5.70. The van der Waals surface area contributed by atoms with Crippen LogP contribution in [0.2, 0.25) is 0 Å². The molecule has 2 aromatic rings. The number of ketones is 1. The molecule has 0 saturated carbocycles. The number of hydrogen-bond acceptors (Lipinski definition) is 5. The molecule has 5 nitrogen and oxygen atoms in total. The van der Waals surface area contributed by atoms with Crippen molar-refractivity contribution in [3.05, 3.63) is 57.3 Å². The molecule has 1 unspecified atom stereocenters. The average Bonchev–Trinajstić information content (AvgIpc) is 3.28. The fraction of sp³-hybridized carbons (Fsp3) is 0.440. The lowest BCUT2D eigenvalue weighted by Gasteiger charge is -2.24. The zero-order valence-electron chi connectivity index (χ0n) is 18.7. The number of ether oxygens (including phenoxy) is 1. The lowest BCUT2D eigenvalue weighted by molar-refractivity contribution is -0.139. The summed E-state index contributed by atoms with van der Waals surface area (Å²) in [5.74, 6) is -0.175. The number of carbonyl (C=O) groups is 2. The van der Waals surface area contributed by atoms with Gasteiger partial charge in [-0.25, -0.2) is 0 Å². The van der Waals surface area contributed by atoms with Gasteiger partial charge in [0.1, 0.15) is 11.5 Å². The van der Waals surface area contributed by atoms with Gasteiger partial charge >= 0.3 is 0 Å². The number of benzene rings is 1. The molecule has 1 aliphatic heterocycles. The summed E-state index contributed by atoms with van der Waals surface area (Å²) in [6, 6.07) is 8.45. The van der Waals surface area contributed by atoms with Crippen LogP contribution in [0.25, 0.3) is 5.76 Å². The number of Topliss-reactive ketones (excluding diaryl/α,β-unsaturated/α-hetero) is 1. The first-order valence-corrected chi connectivity index (χ1v) is 11.8. The topological polar surface area (TPSA) is 66.8 Å². The molecule has 1 aromatic carbocycles. The molecule has 6 heteroatoms. The third kappa shape index (κ3) is 5.01. The van der Waals surface area contributed by atoms with Crippen molar-refractivity contribution in [2.75, 3.05) is 13.2 Å². The first kappa shape index (κ1) is 23.1. The van der Waals surface area contributed by atoms with Crippen molar-refractivity contribution in [1.29, 1.82) is 0 Å². The van der Waals surface area contributed by atoms with Crippen LogP contribution in [0.4, 0.5) is 0 Å². The van der Waals surface area contributed by atoms with Crippen LogP contribution in [0.3, 0.4) is 0 Å². The van der Waals surface area contributed by atoms with Crippen LogP contribution in [0.5, 0.6) is 5.75 Å². The fourth-order valence-corrected chi connectivity index (χ4v) is 4.75. The number of carbonyl (C=O) groups excluding carboxylic acids is 2. The number of nitrogens with zero attached hydrogens (tertiary/aromatic N) is 1. The van der Waals surface area contributed by atoms with E-state index in [2.05, 4.69) is 20.8 Å². The number of unbranched alkanes of at least 4 members (excludes halogenated alkanes) is 2. The lowest BCUT2D eigenvalue weighted by Crippen LogP contribution is -2.30. The Balaban J connectivity index is 1.99. The molecule has 0 aliphatic carbocycles. The van der Waals surface area contributed by atoms with Gasteiger partial charge in [0.05, 0.1) is 18.2 Å². The van der Waals surface area contributed by atoms with Crippen molar-refractivity contribution < 1.29 is 19.4 Å². The molecule has 1 fully saturated rings. The standard InChI is InChI=1S/C25H31NO4S/c1-5-6-7-13-26-21(24-17(4)12-14-31-24)20(23(28)25(26)29)22(27)18-8-10-19(11-9-18)30-15-16(2)3/h8-12,14,16,21,27H,5-7,13,15H2,1-4H3/b22-20-. The van der Waals surface area contributed by atoms with Gasteiger partial charge < -0.3 is 14.7 Å². The minimum atomic E-state index is -0.619. The fourth-order valence-electron chi connectivity index (χ4n) is 3.71. The molecule has 0 bridgehead atoms. The van der Waals surface area contributed by atoms with Crippen molar-refractivity contribution in [2.45, 2.75) is 53.0 Å². The summed E-state index contributed by atoms with van der Waals surface area (Å²) in [7, 11) is 0. The van der Waals surface area contributed by atoms with E-state index in [1.54, 1.807) is 29.2 Å². The number of aliphatic hydroxyl groups is 1. The van der Waals surface area contributed by atoms with Gasteiger partial charge in [-0.05, 0) is 60.5 Å². The van der Waals surface area contributed by atoms with Gasteiger partial charge in [0.2, 0.25) is 0 Å². The number of aryl methyl sites for hydroxylation is 1. The molecule has 1 aliphatic rings. The van der Waals surface area contributed by atoms with Gasteiger partial charge in [0, 0.05) is 17.0 Å². The molecule has 2 heterocycles. The van der Waals surface area contributed by atoms with Gasteiger partial charge in [0.25, 0.3) is 11.7 Å². The van der Waals surface area contributed by atoms with E-state index in [-0.39, 0.29) is 11.3 Å². The quantitative estimate of drug-likeness (QED) is 0.234. The van der Waals surface area contributed by atoms with E-state index in [1.165, 1.54) is 11.3 Å². The largest absolute Gasteiger partial charge is 0.507 e. The van der Waals surface area contributed by atoms with E-state index in [9.17, 15) is 14.7 Å². The van der Waals surface area contributed by atoms with Crippen LogP contribution in [-0.2, 0) is 9.59 Å². The Morgan fingerprint density at radius 3 is 2.45 bits per heavy atom. The Labute approximate surface area is 188 Å². The van der Waals surface area contributed by atoms with Crippen LogP contribution >= 0.6 is 11.3 Å². The maximum Gasteiger partial charge on any atom is 0.295 e. The van der Waals surface area contributed by atoms with Crippen molar-refractivity contribution in [3.8, 4) is 5.75 Å². The number of amides is 1. The molecule has 1 atom stereocenters. The van der Waals surface area contributed by atoms with Crippen LogP contribution < -0.4 is 4.74 Å². The average molecular weight is 442 g/mol. The van der Waals surface area contributed by atoms with Crippen molar-refractivity contribution in [1.82, 2.24) is 4.90 Å². The van der Waals surface area contributed by atoms with E-state index >= 15 is 0 Å². The third-order valence-corrected chi connectivity index (χ3v) is 6.48. The zero-order chi connectivity index (χ0) is 22.5. The summed E-state index contributed by atoms with van der Waals surface area (Å²) in [5, 5.41) is 13.1. The molecule has 1 saturated heterocycles. The van der Waals surface area contributed by atoms with E-state index in [0.29, 0.717) is 30.4 Å². The van der Waals surface area contributed by atoms with Crippen LogP contribution in [0, 0.1) is 12.8 Å². The summed E-state index contributed by atoms with van der Waals surface area (Å²) in [4.78, 5) is 28.4. The monoisotopic (exact) mass is 441 g/mol. The predicted molar refractivity (Wildman–Crippen MR) is 124 cm³/mol. The van der Waals surface area contributed by atoms with E-state index in [0.717, 1.165) is 29.7 Å². The highest BCUT2D eigenvalue weighted by Crippen LogP contribution is 2.42. The highest BCUT2D eigenvalue weighted by Gasteiger charge is 2.46. The number of rotatable bonds is 9.